The lowest BCUT2D eigenvalue weighted by atomic mass is 10.0. The third-order valence-corrected chi connectivity index (χ3v) is 4.05. The fraction of sp³-hybridized carbons (Fsp3) is 0.438. The first-order chi connectivity index (χ1) is 11.0. The number of halogens is 3. The van der Waals surface area contributed by atoms with Gasteiger partial charge >= 0.3 is 6.18 Å². The van der Waals surface area contributed by atoms with Gasteiger partial charge in [-0.25, -0.2) is 4.68 Å². The zero-order chi connectivity index (χ0) is 16.4. The second kappa shape index (κ2) is 6.23. The van der Waals surface area contributed by atoms with Gasteiger partial charge in [0, 0.05) is 37.5 Å². The van der Waals surface area contributed by atoms with Gasteiger partial charge in [-0.2, -0.15) is 18.3 Å². The van der Waals surface area contributed by atoms with Crippen molar-refractivity contribution in [1.82, 2.24) is 15.1 Å². The molecule has 0 spiro atoms. The number of alkyl halides is 3. The number of benzene rings is 1. The molecule has 0 radical (unpaired) electrons. The van der Waals surface area contributed by atoms with Crippen molar-refractivity contribution in [1.29, 1.82) is 0 Å². The molecule has 4 nitrogen and oxygen atoms in total. The maximum absolute atomic E-state index is 12.8. The molecule has 2 N–H and O–H groups in total. The molecule has 0 aliphatic carbocycles. The van der Waals surface area contributed by atoms with Gasteiger partial charge in [0.15, 0.2) is 0 Å². The van der Waals surface area contributed by atoms with Crippen LogP contribution in [0.3, 0.4) is 0 Å². The highest BCUT2D eigenvalue weighted by Gasteiger charge is 2.30. The zero-order valence-corrected chi connectivity index (χ0v) is 12.8. The van der Waals surface area contributed by atoms with E-state index in [1.54, 1.807) is 12.3 Å². The molecule has 124 valence electrons. The molecule has 1 aromatic heterocycles. The van der Waals surface area contributed by atoms with Crippen LogP contribution < -0.4 is 10.6 Å². The summed E-state index contributed by atoms with van der Waals surface area (Å²) in [5.41, 5.74) is 0.945. The molecule has 1 aliphatic heterocycles. The lowest BCUT2D eigenvalue weighted by Gasteiger charge is -2.25. The van der Waals surface area contributed by atoms with Crippen LogP contribution in [0.5, 0.6) is 0 Å². The van der Waals surface area contributed by atoms with E-state index >= 15 is 0 Å². The molecular formula is C16H19F3N4. The lowest BCUT2D eigenvalue weighted by Crippen LogP contribution is -2.34. The van der Waals surface area contributed by atoms with Gasteiger partial charge < -0.3 is 10.6 Å². The van der Waals surface area contributed by atoms with Gasteiger partial charge in [-0.05, 0) is 18.7 Å². The van der Waals surface area contributed by atoms with Gasteiger partial charge in [0.25, 0.3) is 0 Å². The Bertz CT molecular complexity index is 678. The highest BCUT2D eigenvalue weighted by atomic mass is 19.4. The summed E-state index contributed by atoms with van der Waals surface area (Å²) in [6, 6.07) is 5.46. The predicted molar refractivity (Wildman–Crippen MR) is 82.4 cm³/mol. The summed E-state index contributed by atoms with van der Waals surface area (Å²) < 4.78 is 40.3. The van der Waals surface area contributed by atoms with Crippen LogP contribution in [-0.4, -0.2) is 29.9 Å². The van der Waals surface area contributed by atoms with Crippen molar-refractivity contribution in [2.24, 2.45) is 5.92 Å². The van der Waals surface area contributed by atoms with Crippen molar-refractivity contribution in [2.75, 3.05) is 25.5 Å². The molecule has 0 fully saturated rings. The summed E-state index contributed by atoms with van der Waals surface area (Å²) >= 11 is 0. The number of fused-ring (bicyclic) bond motifs is 1. The zero-order valence-electron chi connectivity index (χ0n) is 12.8. The Morgan fingerprint density at radius 2 is 2.22 bits per heavy atom. The minimum absolute atomic E-state index is 0.433. The van der Waals surface area contributed by atoms with E-state index in [0.717, 1.165) is 37.1 Å². The molecule has 0 saturated heterocycles. The summed E-state index contributed by atoms with van der Waals surface area (Å²) in [5.74, 6) is 1.36. The first-order valence-corrected chi connectivity index (χ1v) is 7.56. The fourth-order valence-corrected chi connectivity index (χ4v) is 2.95. The van der Waals surface area contributed by atoms with Crippen molar-refractivity contribution in [3.05, 3.63) is 47.2 Å². The smallest absolute Gasteiger partial charge is 0.370 e. The molecular weight excluding hydrogens is 305 g/mol. The van der Waals surface area contributed by atoms with Crippen molar-refractivity contribution in [3.63, 3.8) is 0 Å². The van der Waals surface area contributed by atoms with Gasteiger partial charge in [-0.3, -0.25) is 0 Å². The second-order valence-corrected chi connectivity index (χ2v) is 5.88. The number of nitrogens with zero attached hydrogens (tertiary/aromatic N) is 2. The highest BCUT2D eigenvalue weighted by molar-refractivity contribution is 5.48. The third kappa shape index (κ3) is 3.50. The number of aromatic nitrogens is 2. The van der Waals surface area contributed by atoms with E-state index in [1.165, 1.54) is 12.1 Å². The van der Waals surface area contributed by atoms with E-state index in [1.807, 2.05) is 11.7 Å². The third-order valence-electron chi connectivity index (χ3n) is 4.05. The van der Waals surface area contributed by atoms with E-state index in [-0.39, 0.29) is 0 Å². The largest absolute Gasteiger partial charge is 0.416 e. The van der Waals surface area contributed by atoms with Crippen LogP contribution in [0, 0.1) is 5.92 Å². The van der Waals surface area contributed by atoms with E-state index in [4.69, 9.17) is 0 Å². The Hall–Kier alpha value is -2.02. The first kappa shape index (κ1) is 15.9. The standard InChI is InChI=1S/C16H19F3N4/c1-20-7-12-8-21-15-13(9-22-23(15)10-12)5-11-3-2-4-14(6-11)16(17,18)19/h2-4,6,9,12,20-21H,5,7-8,10H2,1H3. The van der Waals surface area contributed by atoms with Crippen LogP contribution in [0.4, 0.5) is 19.0 Å². The number of hydrogen-bond acceptors (Lipinski definition) is 3. The molecule has 0 bridgehead atoms. The van der Waals surface area contributed by atoms with Crippen LogP contribution in [0.25, 0.3) is 0 Å². The average Bonchev–Trinajstić information content (AvgIpc) is 2.89. The number of rotatable bonds is 4. The van der Waals surface area contributed by atoms with Crippen LogP contribution in [0.1, 0.15) is 16.7 Å². The van der Waals surface area contributed by atoms with Crippen LogP contribution in [-0.2, 0) is 19.1 Å². The SMILES string of the molecule is CNCC1CNc2c(Cc3cccc(C(F)(F)F)c3)cnn2C1. The monoisotopic (exact) mass is 324 g/mol. The quantitative estimate of drug-likeness (QED) is 0.909. The van der Waals surface area contributed by atoms with Crippen LogP contribution in [0.15, 0.2) is 30.5 Å². The Balaban J connectivity index is 1.78. The fourth-order valence-electron chi connectivity index (χ4n) is 2.95. The summed E-state index contributed by atoms with van der Waals surface area (Å²) in [6.07, 6.45) is -2.14. The predicted octanol–water partition coefficient (Wildman–Crippen LogP) is 2.75. The summed E-state index contributed by atoms with van der Waals surface area (Å²) in [6.45, 7) is 2.54. The molecule has 3 rings (SSSR count). The van der Waals surface area contributed by atoms with Gasteiger partial charge in [0.05, 0.1) is 11.8 Å². The van der Waals surface area contributed by atoms with Gasteiger partial charge in [-0.1, -0.05) is 18.2 Å². The van der Waals surface area contributed by atoms with E-state index in [9.17, 15) is 13.2 Å². The summed E-state index contributed by atoms with van der Waals surface area (Å²) in [4.78, 5) is 0. The van der Waals surface area contributed by atoms with E-state index < -0.39 is 11.7 Å². The Kier molecular flexibility index (Phi) is 4.30. The second-order valence-electron chi connectivity index (χ2n) is 5.88. The Labute approximate surface area is 132 Å². The number of anilines is 1. The molecule has 0 saturated carbocycles. The minimum Gasteiger partial charge on any atom is -0.370 e. The topological polar surface area (TPSA) is 41.9 Å². The van der Waals surface area contributed by atoms with Crippen molar-refractivity contribution >= 4 is 5.82 Å². The number of nitrogens with one attached hydrogen (secondary N) is 2. The summed E-state index contributed by atoms with van der Waals surface area (Å²) in [7, 11) is 1.91. The normalized spacial score (nSPS) is 17.7. The molecule has 1 unspecified atom stereocenters. The highest BCUT2D eigenvalue weighted by Crippen LogP contribution is 2.31. The lowest BCUT2D eigenvalue weighted by molar-refractivity contribution is -0.137. The molecule has 1 atom stereocenters. The van der Waals surface area contributed by atoms with Crippen LogP contribution >= 0.6 is 0 Å². The Morgan fingerprint density at radius 3 is 2.96 bits per heavy atom. The molecule has 1 aliphatic rings. The van der Waals surface area contributed by atoms with Crippen molar-refractivity contribution < 1.29 is 13.2 Å². The molecule has 2 heterocycles. The first-order valence-electron chi connectivity index (χ1n) is 7.56. The van der Waals surface area contributed by atoms with Gasteiger partial charge in [-0.15, -0.1) is 0 Å². The molecule has 0 amide bonds. The van der Waals surface area contributed by atoms with Crippen molar-refractivity contribution in [2.45, 2.75) is 19.1 Å². The molecule has 2 aromatic rings. The van der Waals surface area contributed by atoms with E-state index in [2.05, 4.69) is 15.7 Å². The van der Waals surface area contributed by atoms with E-state index in [0.29, 0.717) is 17.9 Å². The van der Waals surface area contributed by atoms with Crippen molar-refractivity contribution in [3.8, 4) is 0 Å². The number of hydrogen-bond donors (Lipinski definition) is 2. The maximum atomic E-state index is 12.8. The van der Waals surface area contributed by atoms with Gasteiger partial charge in [0.1, 0.15) is 5.82 Å². The summed E-state index contributed by atoms with van der Waals surface area (Å²) in [5, 5.41) is 10.9. The minimum atomic E-state index is -4.31. The van der Waals surface area contributed by atoms with Gasteiger partial charge in [0.2, 0.25) is 0 Å². The Morgan fingerprint density at radius 1 is 1.39 bits per heavy atom. The molecule has 7 heteroatoms. The molecule has 1 aromatic carbocycles. The maximum Gasteiger partial charge on any atom is 0.416 e. The van der Waals surface area contributed by atoms with Crippen LogP contribution in [0.2, 0.25) is 0 Å². The molecule has 23 heavy (non-hydrogen) atoms. The average molecular weight is 324 g/mol.